The Hall–Kier alpha value is -2.55. The summed E-state index contributed by atoms with van der Waals surface area (Å²) in [7, 11) is -2.51. The summed E-state index contributed by atoms with van der Waals surface area (Å²) in [6.07, 6.45) is 1.21. The van der Waals surface area contributed by atoms with Crippen LogP contribution in [0.15, 0.2) is 29.4 Å². The number of sulfonamides is 1. The Morgan fingerprint density at radius 3 is 2.57 bits per heavy atom. The Bertz CT molecular complexity index is 797. The number of nitrogens with one attached hydrogen (secondary N) is 1. The third kappa shape index (κ3) is 2.68. The van der Waals surface area contributed by atoms with Crippen LogP contribution in [-0.4, -0.2) is 36.5 Å². The number of imidazole rings is 1. The normalized spacial score (nSPS) is 11.3. The van der Waals surface area contributed by atoms with E-state index in [1.807, 2.05) is 0 Å². The van der Waals surface area contributed by atoms with Gasteiger partial charge in [-0.1, -0.05) is 0 Å². The van der Waals surface area contributed by atoms with Crippen molar-refractivity contribution in [2.45, 2.75) is 11.9 Å². The number of aryl methyl sites for hydroxylation is 1. The van der Waals surface area contributed by atoms with Gasteiger partial charge in [0.25, 0.3) is 10.0 Å². The van der Waals surface area contributed by atoms with Gasteiger partial charge in [0.2, 0.25) is 0 Å². The van der Waals surface area contributed by atoms with E-state index < -0.39 is 16.0 Å². The summed E-state index contributed by atoms with van der Waals surface area (Å²) in [5.41, 5.74) is 5.97. The SMILES string of the molecule is Cc1ncc(S(=O)(=O)N(C)c2ccc(C(=O)O)cc2N)[nH]1. The van der Waals surface area contributed by atoms with E-state index in [9.17, 15) is 13.2 Å². The summed E-state index contributed by atoms with van der Waals surface area (Å²) in [6.45, 7) is 1.63. The molecule has 21 heavy (non-hydrogen) atoms. The second kappa shape index (κ2) is 5.09. The first-order valence-corrected chi connectivity index (χ1v) is 7.31. The van der Waals surface area contributed by atoms with Crippen LogP contribution in [0.3, 0.4) is 0 Å². The van der Waals surface area contributed by atoms with Crippen LogP contribution in [0.1, 0.15) is 16.2 Å². The maximum absolute atomic E-state index is 12.4. The minimum absolute atomic E-state index is 0.0144. The van der Waals surface area contributed by atoms with E-state index in [4.69, 9.17) is 10.8 Å². The summed E-state index contributed by atoms with van der Waals surface area (Å²) in [6, 6.07) is 3.85. The number of carboxylic acids is 1. The van der Waals surface area contributed by atoms with Gasteiger partial charge in [-0.2, -0.15) is 8.42 Å². The Morgan fingerprint density at radius 1 is 1.43 bits per heavy atom. The quantitative estimate of drug-likeness (QED) is 0.717. The van der Waals surface area contributed by atoms with Crippen LogP contribution < -0.4 is 10.0 Å². The van der Waals surface area contributed by atoms with Crippen molar-refractivity contribution in [3.05, 3.63) is 35.8 Å². The number of aromatic amines is 1. The highest BCUT2D eigenvalue weighted by Gasteiger charge is 2.25. The van der Waals surface area contributed by atoms with Crippen LogP contribution in [-0.2, 0) is 10.0 Å². The number of carboxylic acid groups (broad SMARTS) is 1. The summed E-state index contributed by atoms with van der Waals surface area (Å²) in [5, 5.41) is 8.81. The second-order valence-corrected chi connectivity index (χ2v) is 6.32. The van der Waals surface area contributed by atoms with Gasteiger partial charge >= 0.3 is 5.97 Å². The van der Waals surface area contributed by atoms with Crippen molar-refractivity contribution in [1.29, 1.82) is 0 Å². The predicted octanol–water partition coefficient (Wildman–Crippen LogP) is 0.824. The molecule has 1 heterocycles. The number of hydrogen-bond donors (Lipinski definition) is 3. The number of benzene rings is 1. The van der Waals surface area contributed by atoms with Gasteiger partial charge in [0.05, 0.1) is 23.1 Å². The Balaban J connectivity index is 2.44. The van der Waals surface area contributed by atoms with Crippen molar-refractivity contribution in [2.75, 3.05) is 17.1 Å². The van der Waals surface area contributed by atoms with Gasteiger partial charge in [0, 0.05) is 7.05 Å². The second-order valence-electron chi connectivity index (χ2n) is 4.38. The van der Waals surface area contributed by atoms with E-state index in [1.54, 1.807) is 6.92 Å². The first-order chi connectivity index (χ1) is 9.73. The average Bonchev–Trinajstić information content (AvgIpc) is 2.85. The van der Waals surface area contributed by atoms with Crippen LogP contribution >= 0.6 is 0 Å². The predicted molar refractivity (Wildman–Crippen MR) is 76.7 cm³/mol. The first kappa shape index (κ1) is 14.9. The van der Waals surface area contributed by atoms with E-state index >= 15 is 0 Å². The lowest BCUT2D eigenvalue weighted by molar-refractivity contribution is 0.0697. The number of nitrogen functional groups attached to an aromatic ring is 1. The molecule has 0 spiro atoms. The number of carbonyl (C=O) groups is 1. The third-order valence-corrected chi connectivity index (χ3v) is 4.61. The molecule has 0 aliphatic rings. The van der Waals surface area contributed by atoms with Crippen LogP contribution in [0.25, 0.3) is 0 Å². The van der Waals surface area contributed by atoms with Gasteiger partial charge in [-0.05, 0) is 25.1 Å². The summed E-state index contributed by atoms with van der Waals surface area (Å²) >= 11 is 0. The molecule has 0 saturated heterocycles. The zero-order valence-corrected chi connectivity index (χ0v) is 12.2. The van der Waals surface area contributed by atoms with Crippen LogP contribution in [0.2, 0.25) is 0 Å². The summed E-state index contributed by atoms with van der Waals surface area (Å²) in [5.74, 6) is -0.667. The molecule has 0 aliphatic carbocycles. The molecule has 8 nitrogen and oxygen atoms in total. The van der Waals surface area contributed by atoms with Crippen molar-refractivity contribution in [3.8, 4) is 0 Å². The number of nitrogens with two attached hydrogens (primary N) is 1. The molecule has 0 fully saturated rings. The number of H-pyrrole nitrogens is 1. The fraction of sp³-hybridized carbons (Fsp3) is 0.167. The molecule has 0 atom stereocenters. The Kier molecular flexibility index (Phi) is 3.60. The zero-order valence-electron chi connectivity index (χ0n) is 11.4. The molecule has 0 saturated carbocycles. The molecule has 1 aromatic carbocycles. The van der Waals surface area contributed by atoms with Gasteiger partial charge in [-0.3, -0.25) is 4.31 Å². The molecular formula is C12H14N4O4S. The molecule has 0 aliphatic heterocycles. The first-order valence-electron chi connectivity index (χ1n) is 5.87. The fourth-order valence-corrected chi connectivity index (χ4v) is 2.96. The van der Waals surface area contributed by atoms with Gasteiger partial charge < -0.3 is 15.8 Å². The minimum Gasteiger partial charge on any atom is -0.478 e. The van der Waals surface area contributed by atoms with Crippen molar-refractivity contribution >= 4 is 27.4 Å². The number of rotatable bonds is 4. The monoisotopic (exact) mass is 310 g/mol. The molecule has 112 valence electrons. The van der Waals surface area contributed by atoms with E-state index in [0.29, 0.717) is 5.82 Å². The maximum atomic E-state index is 12.4. The lowest BCUT2D eigenvalue weighted by Crippen LogP contribution is -2.27. The molecule has 9 heteroatoms. The van der Waals surface area contributed by atoms with Crippen molar-refractivity contribution in [2.24, 2.45) is 0 Å². The van der Waals surface area contributed by atoms with Crippen molar-refractivity contribution in [1.82, 2.24) is 9.97 Å². The molecule has 0 unspecified atom stereocenters. The summed E-state index contributed by atoms with van der Waals surface area (Å²) < 4.78 is 25.8. The standard InChI is InChI=1S/C12H14N4O4S/c1-7-14-6-11(15-7)21(19,20)16(2)10-4-3-8(12(17)18)5-9(10)13/h3-6H,13H2,1-2H3,(H,14,15)(H,17,18). The Labute approximate surface area is 121 Å². The topological polar surface area (TPSA) is 129 Å². The molecule has 0 amide bonds. The van der Waals surface area contributed by atoms with Crippen molar-refractivity contribution in [3.63, 3.8) is 0 Å². The molecule has 4 N–H and O–H groups in total. The van der Waals surface area contributed by atoms with Crippen LogP contribution in [0, 0.1) is 6.92 Å². The molecule has 0 radical (unpaired) electrons. The average molecular weight is 310 g/mol. The number of anilines is 2. The van der Waals surface area contributed by atoms with E-state index in [-0.39, 0.29) is 22.0 Å². The third-order valence-electron chi connectivity index (χ3n) is 2.93. The van der Waals surface area contributed by atoms with E-state index in [0.717, 1.165) is 4.31 Å². The van der Waals surface area contributed by atoms with Gasteiger partial charge in [0.15, 0.2) is 5.03 Å². The van der Waals surface area contributed by atoms with Gasteiger partial charge in [0.1, 0.15) is 5.82 Å². The van der Waals surface area contributed by atoms with E-state index in [2.05, 4.69) is 9.97 Å². The Morgan fingerprint density at radius 2 is 2.10 bits per heavy atom. The lowest BCUT2D eigenvalue weighted by Gasteiger charge is -2.20. The highest BCUT2D eigenvalue weighted by atomic mass is 32.2. The van der Waals surface area contributed by atoms with Crippen LogP contribution in [0.4, 0.5) is 11.4 Å². The zero-order chi connectivity index (χ0) is 15.8. The van der Waals surface area contributed by atoms with E-state index in [1.165, 1.54) is 31.4 Å². The molecule has 1 aromatic heterocycles. The van der Waals surface area contributed by atoms with Crippen molar-refractivity contribution < 1.29 is 18.3 Å². The highest BCUT2D eigenvalue weighted by Crippen LogP contribution is 2.27. The molecular weight excluding hydrogens is 296 g/mol. The highest BCUT2D eigenvalue weighted by molar-refractivity contribution is 7.92. The minimum atomic E-state index is -3.84. The number of hydrogen-bond acceptors (Lipinski definition) is 5. The van der Waals surface area contributed by atoms with Crippen LogP contribution in [0.5, 0.6) is 0 Å². The molecule has 0 bridgehead atoms. The number of nitrogens with zero attached hydrogens (tertiary/aromatic N) is 2. The largest absolute Gasteiger partial charge is 0.478 e. The summed E-state index contributed by atoms with van der Waals surface area (Å²) in [4.78, 5) is 17.3. The van der Waals surface area contributed by atoms with Gasteiger partial charge in [-0.15, -0.1) is 0 Å². The lowest BCUT2D eigenvalue weighted by atomic mass is 10.2. The maximum Gasteiger partial charge on any atom is 0.335 e. The number of aromatic carboxylic acids is 1. The molecule has 2 aromatic rings. The van der Waals surface area contributed by atoms with Gasteiger partial charge in [-0.25, -0.2) is 9.78 Å². The fourth-order valence-electron chi connectivity index (χ4n) is 1.78. The number of aromatic nitrogens is 2. The molecule has 2 rings (SSSR count). The smallest absolute Gasteiger partial charge is 0.335 e.